The highest BCUT2D eigenvalue weighted by Gasteiger charge is 2.05. The van der Waals surface area contributed by atoms with Crippen LogP contribution in [-0.4, -0.2) is 16.2 Å². The van der Waals surface area contributed by atoms with Gasteiger partial charge in [0.05, 0.1) is 16.6 Å². The van der Waals surface area contributed by atoms with Gasteiger partial charge in [-0.05, 0) is 12.3 Å². The van der Waals surface area contributed by atoms with E-state index in [2.05, 4.69) is 9.97 Å². The molecule has 2 aromatic rings. The van der Waals surface area contributed by atoms with Crippen LogP contribution in [0.4, 0.5) is 4.39 Å². The Bertz CT molecular complexity index is 442. The van der Waals surface area contributed by atoms with Crippen LogP contribution in [0.3, 0.4) is 0 Å². The third-order valence-electron chi connectivity index (χ3n) is 1.64. The molecule has 0 aliphatic rings. The molecule has 0 N–H and O–H groups in total. The van der Waals surface area contributed by atoms with Crippen LogP contribution in [0.1, 0.15) is 0 Å². The number of halogens is 1. The molecule has 0 saturated carbocycles. The lowest BCUT2D eigenvalue weighted by molar-refractivity contribution is 0.622. The van der Waals surface area contributed by atoms with Gasteiger partial charge in [-0.3, -0.25) is 4.98 Å². The van der Waals surface area contributed by atoms with Crippen molar-refractivity contribution in [1.29, 1.82) is 0 Å². The average Bonchev–Trinajstić information content (AvgIpc) is 2.66. The second-order valence-electron chi connectivity index (χ2n) is 2.58. The Morgan fingerprint density at radius 1 is 1.36 bits per heavy atom. The Morgan fingerprint density at radius 3 is 2.86 bits per heavy atom. The SMILES string of the molecule is CSc1cnc(-c2cncc(F)c2)s1. The molecule has 0 saturated heterocycles. The van der Waals surface area contributed by atoms with Gasteiger partial charge in [-0.15, -0.1) is 23.1 Å². The van der Waals surface area contributed by atoms with E-state index in [-0.39, 0.29) is 5.82 Å². The van der Waals surface area contributed by atoms with Crippen LogP contribution in [0, 0.1) is 5.82 Å². The molecular formula is C9H7FN2S2. The molecule has 2 aromatic heterocycles. The van der Waals surface area contributed by atoms with Crippen LogP contribution in [0.25, 0.3) is 10.6 Å². The molecule has 0 radical (unpaired) electrons. The van der Waals surface area contributed by atoms with Crippen molar-refractivity contribution >= 4 is 23.1 Å². The maximum Gasteiger partial charge on any atom is 0.142 e. The van der Waals surface area contributed by atoms with E-state index < -0.39 is 0 Å². The van der Waals surface area contributed by atoms with E-state index in [0.29, 0.717) is 0 Å². The first-order chi connectivity index (χ1) is 6.79. The summed E-state index contributed by atoms with van der Waals surface area (Å²) >= 11 is 3.17. The molecule has 5 heteroatoms. The monoisotopic (exact) mass is 226 g/mol. The minimum atomic E-state index is -0.330. The number of hydrogen-bond donors (Lipinski definition) is 0. The molecule has 2 rings (SSSR count). The summed E-state index contributed by atoms with van der Waals surface area (Å²) in [5.74, 6) is -0.330. The molecular weight excluding hydrogens is 219 g/mol. The van der Waals surface area contributed by atoms with Crippen molar-refractivity contribution < 1.29 is 4.39 Å². The van der Waals surface area contributed by atoms with Crippen LogP contribution >= 0.6 is 23.1 Å². The average molecular weight is 226 g/mol. The van der Waals surface area contributed by atoms with Crippen LogP contribution in [0.15, 0.2) is 28.9 Å². The zero-order chi connectivity index (χ0) is 9.97. The summed E-state index contributed by atoms with van der Waals surface area (Å²) in [5, 5.41) is 0.807. The zero-order valence-electron chi connectivity index (χ0n) is 7.40. The fourth-order valence-corrected chi connectivity index (χ4v) is 2.38. The maximum absolute atomic E-state index is 12.9. The summed E-state index contributed by atoms with van der Waals surface area (Å²) in [4.78, 5) is 7.97. The van der Waals surface area contributed by atoms with Gasteiger partial charge in [-0.1, -0.05) is 0 Å². The number of aromatic nitrogens is 2. The molecule has 2 nitrogen and oxygen atoms in total. The maximum atomic E-state index is 12.9. The van der Waals surface area contributed by atoms with Crippen LogP contribution in [-0.2, 0) is 0 Å². The topological polar surface area (TPSA) is 25.8 Å². The Labute approximate surface area is 89.2 Å². The second kappa shape index (κ2) is 4.06. The quantitative estimate of drug-likeness (QED) is 0.736. The van der Waals surface area contributed by atoms with Gasteiger partial charge in [-0.25, -0.2) is 9.37 Å². The summed E-state index contributed by atoms with van der Waals surface area (Å²) in [6.07, 6.45) is 6.58. The van der Waals surface area contributed by atoms with Crippen LogP contribution in [0.5, 0.6) is 0 Å². The highest BCUT2D eigenvalue weighted by atomic mass is 32.2. The normalized spacial score (nSPS) is 10.4. The van der Waals surface area contributed by atoms with E-state index >= 15 is 0 Å². The molecule has 0 amide bonds. The summed E-state index contributed by atoms with van der Waals surface area (Å²) in [6.45, 7) is 0. The van der Waals surface area contributed by atoms with Gasteiger partial charge in [0.1, 0.15) is 10.8 Å². The number of hydrogen-bond acceptors (Lipinski definition) is 4. The predicted molar refractivity (Wildman–Crippen MR) is 57.1 cm³/mol. The Hall–Kier alpha value is -0.940. The van der Waals surface area contributed by atoms with Gasteiger partial charge in [0.25, 0.3) is 0 Å². The van der Waals surface area contributed by atoms with Gasteiger partial charge in [0.2, 0.25) is 0 Å². The lowest BCUT2D eigenvalue weighted by atomic mass is 10.3. The molecule has 0 aliphatic carbocycles. The molecule has 0 spiro atoms. The standard InChI is InChI=1S/C9H7FN2S2/c1-13-8-5-12-9(14-8)6-2-7(10)4-11-3-6/h2-5H,1H3. The van der Waals surface area contributed by atoms with Crippen molar-refractivity contribution in [3.05, 3.63) is 30.5 Å². The highest BCUT2D eigenvalue weighted by molar-refractivity contribution is 8.00. The van der Waals surface area contributed by atoms with E-state index in [4.69, 9.17) is 0 Å². The number of rotatable bonds is 2. The lowest BCUT2D eigenvalue weighted by Crippen LogP contribution is -1.81. The summed E-state index contributed by atoms with van der Waals surface area (Å²) in [6, 6.07) is 1.44. The van der Waals surface area contributed by atoms with Gasteiger partial charge in [0, 0.05) is 11.8 Å². The number of nitrogens with zero attached hydrogens (tertiary/aromatic N) is 2. The van der Waals surface area contributed by atoms with Crippen LogP contribution < -0.4 is 0 Å². The van der Waals surface area contributed by atoms with Crippen molar-refractivity contribution in [3.8, 4) is 10.6 Å². The molecule has 72 valence electrons. The number of thiazole rings is 1. The van der Waals surface area contributed by atoms with E-state index in [9.17, 15) is 4.39 Å². The third-order valence-corrected chi connectivity index (χ3v) is 3.74. The predicted octanol–water partition coefficient (Wildman–Crippen LogP) is 3.07. The van der Waals surface area contributed by atoms with Gasteiger partial charge in [-0.2, -0.15) is 0 Å². The Kier molecular flexibility index (Phi) is 2.79. The van der Waals surface area contributed by atoms with E-state index in [1.807, 2.05) is 6.26 Å². The molecule has 2 heterocycles. The van der Waals surface area contributed by atoms with Gasteiger partial charge in [0.15, 0.2) is 0 Å². The first-order valence-electron chi connectivity index (χ1n) is 3.90. The van der Waals surface area contributed by atoms with Crippen molar-refractivity contribution in [2.45, 2.75) is 4.21 Å². The molecule has 0 atom stereocenters. The smallest absolute Gasteiger partial charge is 0.142 e. The molecule has 14 heavy (non-hydrogen) atoms. The van der Waals surface area contributed by atoms with Crippen LogP contribution in [0.2, 0.25) is 0 Å². The fraction of sp³-hybridized carbons (Fsp3) is 0.111. The lowest BCUT2D eigenvalue weighted by Gasteiger charge is -1.93. The largest absolute Gasteiger partial charge is 0.261 e. The summed E-state index contributed by atoms with van der Waals surface area (Å²) in [5.41, 5.74) is 0.732. The molecule has 0 fully saturated rings. The Balaban J connectivity index is 2.39. The number of pyridine rings is 1. The first-order valence-corrected chi connectivity index (χ1v) is 5.94. The molecule has 0 bridgehead atoms. The second-order valence-corrected chi connectivity index (χ2v) is 4.72. The van der Waals surface area contributed by atoms with E-state index in [1.165, 1.54) is 23.6 Å². The molecule has 0 aliphatic heterocycles. The minimum Gasteiger partial charge on any atom is -0.261 e. The summed E-state index contributed by atoms with van der Waals surface area (Å²) in [7, 11) is 0. The third kappa shape index (κ3) is 1.93. The summed E-state index contributed by atoms with van der Waals surface area (Å²) < 4.78 is 14.0. The van der Waals surface area contributed by atoms with Gasteiger partial charge < -0.3 is 0 Å². The molecule has 0 aromatic carbocycles. The number of thioether (sulfide) groups is 1. The van der Waals surface area contributed by atoms with Crippen molar-refractivity contribution in [2.24, 2.45) is 0 Å². The van der Waals surface area contributed by atoms with Gasteiger partial charge >= 0.3 is 0 Å². The van der Waals surface area contributed by atoms with Crippen molar-refractivity contribution in [3.63, 3.8) is 0 Å². The van der Waals surface area contributed by atoms with E-state index in [1.54, 1.807) is 24.2 Å². The molecule has 0 unspecified atom stereocenters. The fourth-order valence-electron chi connectivity index (χ4n) is 1.02. The van der Waals surface area contributed by atoms with E-state index in [0.717, 1.165) is 14.8 Å². The minimum absolute atomic E-state index is 0.330. The Morgan fingerprint density at radius 2 is 2.21 bits per heavy atom. The highest BCUT2D eigenvalue weighted by Crippen LogP contribution is 2.29. The zero-order valence-corrected chi connectivity index (χ0v) is 9.03. The first kappa shape index (κ1) is 9.61. The van der Waals surface area contributed by atoms with Crippen molar-refractivity contribution in [1.82, 2.24) is 9.97 Å². The van der Waals surface area contributed by atoms with Crippen molar-refractivity contribution in [2.75, 3.05) is 6.26 Å².